The predicted molar refractivity (Wildman–Crippen MR) is 108 cm³/mol. The maximum Gasteiger partial charge on any atom is 0.339 e. The molecule has 0 saturated heterocycles. The maximum atomic E-state index is 10.9. The summed E-state index contributed by atoms with van der Waals surface area (Å²) < 4.78 is 14.1. The molecule has 0 aliphatic heterocycles. The highest BCUT2D eigenvalue weighted by molar-refractivity contribution is 9.10. The van der Waals surface area contributed by atoms with Crippen LogP contribution in [0.5, 0.6) is 0 Å². The van der Waals surface area contributed by atoms with E-state index in [2.05, 4.69) is 67.9 Å². The van der Waals surface area contributed by atoms with Gasteiger partial charge in [-0.05, 0) is 44.0 Å². The van der Waals surface area contributed by atoms with Gasteiger partial charge in [-0.1, -0.05) is 0 Å². The third-order valence-electron chi connectivity index (χ3n) is 2.38. The number of hydrogen-bond acceptors (Lipinski definition) is 6. The Bertz CT molecular complexity index is 945. The van der Waals surface area contributed by atoms with Gasteiger partial charge in [0, 0.05) is 33.8 Å². The van der Waals surface area contributed by atoms with Gasteiger partial charge >= 0.3 is 11.9 Å². The lowest BCUT2D eigenvalue weighted by Gasteiger charge is -1.97. The highest BCUT2D eigenvalue weighted by Crippen LogP contribution is 2.06. The number of esters is 1. The van der Waals surface area contributed by atoms with Crippen LogP contribution in [-0.2, 0) is 14.0 Å². The third kappa shape index (κ3) is 10.4. The van der Waals surface area contributed by atoms with E-state index in [0.717, 1.165) is 6.20 Å². The maximum absolute atomic E-state index is 10.9. The smallest absolute Gasteiger partial charge is 0.339 e. The van der Waals surface area contributed by atoms with Gasteiger partial charge in [0.15, 0.2) is 0 Å². The molecule has 0 fully saturated rings. The normalized spacial score (nSPS) is 9.41. The van der Waals surface area contributed by atoms with E-state index in [1.807, 2.05) is 0 Å². The zero-order chi connectivity index (χ0) is 21.1. The molecule has 0 bridgehead atoms. The van der Waals surface area contributed by atoms with Crippen molar-refractivity contribution in [1.29, 1.82) is 0 Å². The van der Waals surface area contributed by atoms with Gasteiger partial charge in [-0.15, -0.1) is 0 Å². The predicted octanol–water partition coefficient (Wildman–Crippen LogP) is 2.80. The summed E-state index contributed by atoms with van der Waals surface area (Å²) in [6, 6.07) is 2.66. The minimum atomic E-state index is -1.67. The number of hydrogen-bond donors (Lipinski definition) is 3. The first-order valence-electron chi connectivity index (χ1n) is 6.32. The fourth-order valence-electron chi connectivity index (χ4n) is 1.27. The Morgan fingerprint density at radius 3 is 1.74 bits per heavy atom. The minimum absolute atomic E-state index is 0.0523. The Morgan fingerprint density at radius 1 is 1.04 bits per heavy atom. The van der Waals surface area contributed by atoms with Gasteiger partial charge in [0.05, 0.1) is 27.2 Å². The molecule has 2 rings (SSSR count). The molecule has 148 valence electrons. The standard InChI is InChI=1S/C7H6BrNO3.C6H4BrNO3.Cl2OS/c1-12-7(11)4-2-5(8)6(10)9-3-4;7-4-1-3(6(10)11)2-8-5(4)9;1-4(2)3/h2-3H,1H3,(H,9,10);1-2H,(H,8,9)(H,10,11);. The summed E-state index contributed by atoms with van der Waals surface area (Å²) in [4.78, 5) is 47.4. The van der Waals surface area contributed by atoms with E-state index in [4.69, 9.17) is 9.32 Å². The van der Waals surface area contributed by atoms with Crippen molar-refractivity contribution in [3.63, 3.8) is 0 Å². The first-order valence-corrected chi connectivity index (χ1v) is 10.7. The van der Waals surface area contributed by atoms with Crippen molar-refractivity contribution in [2.45, 2.75) is 0 Å². The summed E-state index contributed by atoms with van der Waals surface area (Å²) in [5.41, 5.74) is -0.252. The minimum Gasteiger partial charge on any atom is -0.478 e. The van der Waals surface area contributed by atoms with Gasteiger partial charge in [-0.3, -0.25) is 9.59 Å². The van der Waals surface area contributed by atoms with E-state index >= 15 is 0 Å². The molecule has 3 N–H and O–H groups in total. The first kappa shape index (κ1) is 25.5. The quantitative estimate of drug-likeness (QED) is 0.373. The number of H-pyrrole nitrogens is 2. The molecule has 0 saturated carbocycles. The molecule has 9 nitrogen and oxygen atoms in total. The van der Waals surface area contributed by atoms with Crippen LogP contribution >= 0.6 is 53.2 Å². The molecule has 0 aliphatic rings. The summed E-state index contributed by atoms with van der Waals surface area (Å²) >= 11 is 5.90. The molecular weight excluding hydrogens is 559 g/mol. The molecule has 2 heterocycles. The molecule has 0 amide bonds. The summed E-state index contributed by atoms with van der Waals surface area (Å²) in [7, 11) is 8.64. The van der Waals surface area contributed by atoms with Gasteiger partial charge in [-0.2, -0.15) is 0 Å². The van der Waals surface area contributed by atoms with Crippen molar-refractivity contribution < 1.29 is 23.6 Å². The zero-order valence-electron chi connectivity index (χ0n) is 13.1. The fraction of sp³-hybridized carbons (Fsp3) is 0.0769. The van der Waals surface area contributed by atoms with Gasteiger partial charge in [0.1, 0.15) is 0 Å². The number of nitrogens with one attached hydrogen (secondary N) is 2. The average Bonchev–Trinajstić information content (AvgIpc) is 2.59. The average molecular weight is 569 g/mol. The van der Waals surface area contributed by atoms with Crippen LogP contribution < -0.4 is 11.1 Å². The van der Waals surface area contributed by atoms with Gasteiger partial charge in [0.2, 0.25) is 9.23 Å². The monoisotopic (exact) mass is 566 g/mol. The largest absolute Gasteiger partial charge is 0.478 e. The van der Waals surface area contributed by atoms with Crippen LogP contribution in [0.1, 0.15) is 20.7 Å². The highest BCUT2D eigenvalue weighted by Gasteiger charge is 2.06. The number of methoxy groups -OCH3 is 1. The first-order chi connectivity index (χ1) is 12.5. The summed E-state index contributed by atoms with van der Waals surface area (Å²) in [6.07, 6.45) is 2.45. The number of aromatic nitrogens is 2. The van der Waals surface area contributed by atoms with Crippen molar-refractivity contribution in [3.8, 4) is 0 Å². The molecule has 0 spiro atoms. The van der Waals surface area contributed by atoms with Crippen LogP contribution in [0.3, 0.4) is 0 Å². The van der Waals surface area contributed by atoms with Crippen molar-refractivity contribution >= 4 is 74.4 Å². The van der Waals surface area contributed by atoms with Crippen LogP contribution in [0.15, 0.2) is 43.1 Å². The van der Waals surface area contributed by atoms with E-state index in [1.165, 1.54) is 25.4 Å². The van der Waals surface area contributed by atoms with Crippen molar-refractivity contribution in [2.75, 3.05) is 7.11 Å². The summed E-state index contributed by atoms with van der Waals surface area (Å²) in [6.45, 7) is 0. The topological polar surface area (TPSA) is 146 Å². The van der Waals surface area contributed by atoms with E-state index in [1.54, 1.807) is 0 Å². The number of carboxylic acid groups (broad SMARTS) is 1. The molecule has 0 unspecified atom stereocenters. The second-order valence-corrected chi connectivity index (χ2v) is 8.34. The number of carboxylic acids is 1. The number of aromatic amines is 2. The van der Waals surface area contributed by atoms with Crippen LogP contribution in [-0.4, -0.2) is 38.3 Å². The molecule has 2 aromatic rings. The molecule has 2 aromatic heterocycles. The van der Waals surface area contributed by atoms with Gasteiger partial charge in [0.25, 0.3) is 11.1 Å². The van der Waals surface area contributed by atoms with Crippen molar-refractivity contribution in [2.24, 2.45) is 0 Å². The highest BCUT2D eigenvalue weighted by atomic mass is 79.9. The number of halogens is 4. The second-order valence-electron chi connectivity index (χ2n) is 4.11. The SMILES string of the molecule is COC(=O)c1c[nH]c(=O)c(Br)c1.O=C(O)c1c[nH]c(=O)c(Br)c1.O=S(Cl)Cl. The summed E-state index contributed by atoms with van der Waals surface area (Å²) in [5, 5.41) is 8.46. The molecule has 0 aromatic carbocycles. The number of carbonyl (C=O) groups excluding carboxylic acids is 1. The second kappa shape index (κ2) is 12.8. The van der Waals surface area contributed by atoms with Crippen LogP contribution in [0.2, 0.25) is 0 Å². The zero-order valence-corrected chi connectivity index (χ0v) is 18.6. The lowest BCUT2D eigenvalue weighted by Crippen LogP contribution is -2.10. The molecule has 27 heavy (non-hydrogen) atoms. The van der Waals surface area contributed by atoms with Crippen LogP contribution in [0.4, 0.5) is 0 Å². The molecule has 0 aliphatic carbocycles. The molecule has 0 radical (unpaired) electrons. The Kier molecular flexibility index (Phi) is 12.1. The van der Waals surface area contributed by atoms with Gasteiger partial charge in [-0.25, -0.2) is 13.8 Å². The van der Waals surface area contributed by atoms with Crippen molar-refractivity contribution in [1.82, 2.24) is 9.97 Å². The van der Waals surface area contributed by atoms with Crippen LogP contribution in [0.25, 0.3) is 0 Å². The number of ether oxygens (including phenoxy) is 1. The molecular formula is C13H10Br2Cl2N2O7S. The number of aromatic carboxylic acids is 1. The van der Waals surface area contributed by atoms with E-state index in [0.29, 0.717) is 10.0 Å². The third-order valence-corrected chi connectivity index (χ3v) is 3.56. The van der Waals surface area contributed by atoms with E-state index in [9.17, 15) is 19.2 Å². The van der Waals surface area contributed by atoms with Crippen molar-refractivity contribution in [3.05, 3.63) is 65.3 Å². The molecule has 0 atom stereocenters. The Hall–Kier alpha value is -1.47. The fourth-order valence-corrected chi connectivity index (χ4v) is 1.99. The Morgan fingerprint density at radius 2 is 1.41 bits per heavy atom. The summed E-state index contributed by atoms with van der Waals surface area (Å²) in [5.74, 6) is -1.55. The number of carbonyl (C=O) groups is 2. The van der Waals surface area contributed by atoms with Crippen LogP contribution in [0, 0.1) is 0 Å². The van der Waals surface area contributed by atoms with E-state index in [-0.39, 0.29) is 21.2 Å². The lowest BCUT2D eigenvalue weighted by molar-refractivity contribution is 0.0599. The Labute approximate surface area is 179 Å². The lowest BCUT2D eigenvalue weighted by atomic mass is 10.3. The Balaban J connectivity index is 0.000000421. The number of rotatable bonds is 2. The van der Waals surface area contributed by atoms with Gasteiger partial charge < -0.3 is 19.8 Å². The number of pyridine rings is 2. The van der Waals surface area contributed by atoms with E-state index < -0.39 is 21.2 Å². The molecule has 14 heteroatoms.